The van der Waals surface area contributed by atoms with Crippen molar-refractivity contribution in [3.05, 3.63) is 11.9 Å². The van der Waals surface area contributed by atoms with Crippen molar-refractivity contribution in [3.63, 3.8) is 0 Å². The first kappa shape index (κ1) is 11.1. The molecule has 1 rings (SSSR count). The summed E-state index contributed by atoms with van der Waals surface area (Å²) in [6.45, 7) is 10.5. The van der Waals surface area contributed by atoms with Crippen LogP contribution in [0, 0.1) is 5.92 Å². The average Bonchev–Trinajstić information content (AvgIpc) is 2.30. The summed E-state index contributed by atoms with van der Waals surface area (Å²) < 4.78 is 1.91. The van der Waals surface area contributed by atoms with Gasteiger partial charge in [0.2, 0.25) is 0 Å². The molecule has 14 heavy (non-hydrogen) atoms. The van der Waals surface area contributed by atoms with Gasteiger partial charge in [-0.3, -0.25) is 4.68 Å². The lowest BCUT2D eigenvalue weighted by Gasteiger charge is -2.23. The topological polar surface area (TPSA) is 38.1 Å². The molecule has 1 heterocycles. The van der Waals surface area contributed by atoms with Crippen LogP contribution in [0.3, 0.4) is 0 Å². The van der Waals surface area contributed by atoms with E-state index in [1.807, 2.05) is 4.68 Å². The lowest BCUT2D eigenvalue weighted by molar-refractivity contribution is 0.333. The van der Waals surface area contributed by atoms with E-state index in [0.29, 0.717) is 11.7 Å². The smallest absolute Gasteiger partial charge is 0.156 e. The van der Waals surface area contributed by atoms with Crippen LogP contribution >= 0.6 is 0 Å². The van der Waals surface area contributed by atoms with E-state index in [9.17, 15) is 5.11 Å². The van der Waals surface area contributed by atoms with Crippen molar-refractivity contribution in [2.75, 3.05) is 0 Å². The Morgan fingerprint density at radius 2 is 2.00 bits per heavy atom. The van der Waals surface area contributed by atoms with E-state index in [-0.39, 0.29) is 5.54 Å². The Kier molecular flexibility index (Phi) is 2.88. The van der Waals surface area contributed by atoms with Gasteiger partial charge >= 0.3 is 0 Å². The standard InChI is InChI=1S/C11H20N2O/c1-8(2)6-9-10(14)7-12-13(9)11(3,4)5/h7-8,14H,6H2,1-5H3. The number of hydrogen-bond donors (Lipinski definition) is 1. The molecule has 0 aliphatic carbocycles. The van der Waals surface area contributed by atoms with Gasteiger partial charge in [-0.25, -0.2) is 0 Å². The molecule has 0 fully saturated rings. The molecule has 0 unspecified atom stereocenters. The molecule has 0 bridgehead atoms. The van der Waals surface area contributed by atoms with Crippen LogP contribution in [-0.4, -0.2) is 14.9 Å². The Hall–Kier alpha value is -0.990. The second kappa shape index (κ2) is 3.64. The van der Waals surface area contributed by atoms with E-state index >= 15 is 0 Å². The van der Waals surface area contributed by atoms with E-state index in [0.717, 1.165) is 12.1 Å². The van der Waals surface area contributed by atoms with Crippen LogP contribution in [0.15, 0.2) is 6.20 Å². The van der Waals surface area contributed by atoms with Crippen molar-refractivity contribution in [2.45, 2.75) is 46.6 Å². The number of nitrogens with zero attached hydrogens (tertiary/aromatic N) is 2. The first-order chi connectivity index (χ1) is 6.32. The highest BCUT2D eigenvalue weighted by Crippen LogP contribution is 2.25. The quantitative estimate of drug-likeness (QED) is 0.789. The molecule has 80 valence electrons. The Morgan fingerprint density at radius 1 is 1.43 bits per heavy atom. The van der Waals surface area contributed by atoms with Crippen LogP contribution in [-0.2, 0) is 12.0 Å². The molecule has 0 saturated carbocycles. The molecular formula is C11H20N2O. The molecular weight excluding hydrogens is 176 g/mol. The summed E-state index contributed by atoms with van der Waals surface area (Å²) in [5.41, 5.74) is 0.873. The van der Waals surface area contributed by atoms with Gasteiger partial charge in [0, 0.05) is 0 Å². The number of aromatic nitrogens is 2. The lowest BCUT2D eigenvalue weighted by atomic mass is 10.0. The van der Waals surface area contributed by atoms with Crippen LogP contribution in [0.4, 0.5) is 0 Å². The molecule has 0 amide bonds. The molecule has 0 aliphatic heterocycles. The zero-order chi connectivity index (χ0) is 10.9. The summed E-state index contributed by atoms with van der Waals surface area (Å²) in [6, 6.07) is 0. The molecule has 3 heteroatoms. The van der Waals surface area contributed by atoms with Crippen LogP contribution in [0.25, 0.3) is 0 Å². The summed E-state index contributed by atoms with van der Waals surface area (Å²) in [6.07, 6.45) is 2.39. The molecule has 0 aliphatic rings. The normalized spacial score (nSPS) is 12.4. The van der Waals surface area contributed by atoms with E-state index in [2.05, 4.69) is 39.7 Å². The predicted octanol–water partition coefficient (Wildman–Crippen LogP) is 2.54. The first-order valence-electron chi connectivity index (χ1n) is 5.08. The molecule has 1 N–H and O–H groups in total. The summed E-state index contributed by atoms with van der Waals surface area (Å²) in [7, 11) is 0. The Labute approximate surface area is 85.8 Å². The van der Waals surface area contributed by atoms with E-state index in [1.165, 1.54) is 6.20 Å². The van der Waals surface area contributed by atoms with Gasteiger partial charge in [-0.15, -0.1) is 0 Å². The minimum absolute atomic E-state index is 0.0643. The fourth-order valence-electron chi connectivity index (χ4n) is 1.52. The van der Waals surface area contributed by atoms with Gasteiger partial charge < -0.3 is 5.11 Å². The number of hydrogen-bond acceptors (Lipinski definition) is 2. The summed E-state index contributed by atoms with van der Waals surface area (Å²) in [5, 5.41) is 13.9. The first-order valence-corrected chi connectivity index (χ1v) is 5.08. The molecule has 0 radical (unpaired) electrons. The zero-order valence-electron chi connectivity index (χ0n) is 9.70. The summed E-state index contributed by atoms with van der Waals surface area (Å²) in [5.74, 6) is 0.840. The third-order valence-corrected chi connectivity index (χ3v) is 2.08. The molecule has 0 aromatic carbocycles. The van der Waals surface area contributed by atoms with E-state index in [4.69, 9.17) is 0 Å². The van der Waals surface area contributed by atoms with Crippen molar-refractivity contribution >= 4 is 0 Å². The highest BCUT2D eigenvalue weighted by atomic mass is 16.3. The lowest BCUT2D eigenvalue weighted by Crippen LogP contribution is -2.25. The van der Waals surface area contributed by atoms with Crippen molar-refractivity contribution < 1.29 is 5.11 Å². The van der Waals surface area contributed by atoms with Crippen molar-refractivity contribution in [1.82, 2.24) is 9.78 Å². The fraction of sp³-hybridized carbons (Fsp3) is 0.727. The van der Waals surface area contributed by atoms with Crippen LogP contribution in [0.5, 0.6) is 5.75 Å². The third kappa shape index (κ3) is 2.28. The van der Waals surface area contributed by atoms with Gasteiger partial charge in [-0.05, 0) is 33.1 Å². The molecule has 1 aromatic heterocycles. The van der Waals surface area contributed by atoms with Crippen LogP contribution < -0.4 is 0 Å². The van der Waals surface area contributed by atoms with Gasteiger partial charge in [-0.1, -0.05) is 13.8 Å². The molecule has 0 spiro atoms. The SMILES string of the molecule is CC(C)Cc1c(O)cnn1C(C)(C)C. The maximum atomic E-state index is 9.66. The minimum atomic E-state index is -0.0643. The van der Waals surface area contributed by atoms with Crippen LogP contribution in [0.1, 0.15) is 40.3 Å². The molecule has 3 nitrogen and oxygen atoms in total. The largest absolute Gasteiger partial charge is 0.504 e. The van der Waals surface area contributed by atoms with Gasteiger partial charge in [0.25, 0.3) is 0 Å². The average molecular weight is 196 g/mol. The summed E-state index contributed by atoms with van der Waals surface area (Å²) >= 11 is 0. The Bertz CT molecular complexity index is 308. The highest BCUT2D eigenvalue weighted by Gasteiger charge is 2.20. The predicted molar refractivity (Wildman–Crippen MR) is 57.4 cm³/mol. The second-order valence-electron chi connectivity index (χ2n) is 5.16. The van der Waals surface area contributed by atoms with Crippen molar-refractivity contribution in [3.8, 4) is 5.75 Å². The minimum Gasteiger partial charge on any atom is -0.504 e. The Balaban J connectivity index is 3.06. The van der Waals surface area contributed by atoms with E-state index < -0.39 is 0 Å². The number of rotatable bonds is 2. The van der Waals surface area contributed by atoms with Crippen molar-refractivity contribution in [2.24, 2.45) is 5.92 Å². The van der Waals surface area contributed by atoms with Gasteiger partial charge in [0.1, 0.15) is 0 Å². The zero-order valence-corrected chi connectivity index (χ0v) is 9.70. The van der Waals surface area contributed by atoms with Gasteiger partial charge in [0.15, 0.2) is 5.75 Å². The highest BCUT2D eigenvalue weighted by molar-refractivity contribution is 5.24. The molecule has 0 atom stereocenters. The monoisotopic (exact) mass is 196 g/mol. The number of aromatic hydroxyl groups is 1. The van der Waals surface area contributed by atoms with Gasteiger partial charge in [0.05, 0.1) is 17.4 Å². The molecule has 0 saturated heterocycles. The van der Waals surface area contributed by atoms with E-state index in [1.54, 1.807) is 0 Å². The third-order valence-electron chi connectivity index (χ3n) is 2.08. The van der Waals surface area contributed by atoms with Crippen molar-refractivity contribution in [1.29, 1.82) is 0 Å². The Morgan fingerprint density at radius 3 is 2.43 bits per heavy atom. The fourth-order valence-corrected chi connectivity index (χ4v) is 1.52. The maximum absolute atomic E-state index is 9.66. The van der Waals surface area contributed by atoms with Gasteiger partial charge in [-0.2, -0.15) is 5.10 Å². The maximum Gasteiger partial charge on any atom is 0.156 e. The summed E-state index contributed by atoms with van der Waals surface area (Å²) in [4.78, 5) is 0. The molecule has 1 aromatic rings. The second-order valence-corrected chi connectivity index (χ2v) is 5.16. The van der Waals surface area contributed by atoms with Crippen LogP contribution in [0.2, 0.25) is 0 Å².